The van der Waals surface area contributed by atoms with E-state index in [1.165, 1.54) is 16.2 Å². The van der Waals surface area contributed by atoms with Gasteiger partial charge in [-0.1, -0.05) is 0 Å². The van der Waals surface area contributed by atoms with E-state index >= 15 is 0 Å². The Hall–Kier alpha value is -0.390. The van der Waals surface area contributed by atoms with Gasteiger partial charge in [0.15, 0.2) is 0 Å². The lowest BCUT2D eigenvalue weighted by atomic mass is 10.1. The number of amides is 1. The van der Waals surface area contributed by atoms with Gasteiger partial charge in [0.1, 0.15) is 0 Å². The molecule has 5 heteroatoms. The molecule has 1 aliphatic heterocycles. The number of halogens is 1. The van der Waals surface area contributed by atoms with Crippen molar-refractivity contribution in [3.05, 3.63) is 20.3 Å². The van der Waals surface area contributed by atoms with Crippen molar-refractivity contribution in [1.82, 2.24) is 10.2 Å². The molecule has 1 saturated heterocycles. The second-order valence-corrected chi connectivity index (χ2v) is 7.30. The summed E-state index contributed by atoms with van der Waals surface area (Å²) >= 11 is 5.29. The minimum Gasteiger partial charge on any atom is -0.341 e. The minimum absolute atomic E-state index is 0.0979. The number of aryl methyl sites for hydroxylation is 1. The first kappa shape index (κ1) is 15.0. The third kappa shape index (κ3) is 4.04. The molecule has 0 saturated carbocycles. The Kier molecular flexibility index (Phi) is 5.42. The van der Waals surface area contributed by atoms with Crippen molar-refractivity contribution in [2.24, 2.45) is 0 Å². The fraction of sp³-hybridized carbons (Fsp3) is 0.643. The molecule has 2 heterocycles. The average molecular weight is 345 g/mol. The van der Waals surface area contributed by atoms with E-state index in [-0.39, 0.29) is 11.9 Å². The van der Waals surface area contributed by atoms with E-state index in [1.807, 2.05) is 11.8 Å². The van der Waals surface area contributed by atoms with Gasteiger partial charge in [-0.2, -0.15) is 0 Å². The van der Waals surface area contributed by atoms with Crippen molar-refractivity contribution >= 4 is 33.2 Å². The highest BCUT2D eigenvalue weighted by molar-refractivity contribution is 9.10. The molecule has 1 unspecified atom stereocenters. The smallest absolute Gasteiger partial charge is 0.239 e. The van der Waals surface area contributed by atoms with Crippen molar-refractivity contribution in [2.75, 3.05) is 13.1 Å². The fourth-order valence-electron chi connectivity index (χ4n) is 2.33. The van der Waals surface area contributed by atoms with Crippen molar-refractivity contribution in [1.29, 1.82) is 0 Å². The molecule has 0 aromatic carbocycles. The first-order valence-electron chi connectivity index (χ1n) is 6.85. The molecule has 2 rings (SSSR count). The first-order valence-corrected chi connectivity index (χ1v) is 8.46. The summed E-state index contributed by atoms with van der Waals surface area (Å²) in [6.07, 6.45) is 3.55. The molecule has 1 aromatic rings. The van der Waals surface area contributed by atoms with Crippen LogP contribution < -0.4 is 5.32 Å². The lowest BCUT2D eigenvalue weighted by Crippen LogP contribution is -2.46. The lowest BCUT2D eigenvalue weighted by Gasteiger charge is -2.29. The average Bonchev–Trinajstić information content (AvgIpc) is 2.75. The maximum atomic E-state index is 12.2. The van der Waals surface area contributed by atoms with Gasteiger partial charge in [0.2, 0.25) is 5.91 Å². The number of likely N-dealkylation sites (tertiary alicyclic amines) is 1. The van der Waals surface area contributed by atoms with Gasteiger partial charge in [0.25, 0.3) is 0 Å². The highest BCUT2D eigenvalue weighted by Gasteiger charge is 2.21. The van der Waals surface area contributed by atoms with Crippen LogP contribution in [0.3, 0.4) is 0 Å². The minimum atomic E-state index is -0.0979. The number of carbonyl (C=O) groups is 1. The summed E-state index contributed by atoms with van der Waals surface area (Å²) in [6, 6.07) is 2.03. The molecule has 106 valence electrons. The fourth-order valence-corrected chi connectivity index (χ4v) is 3.89. The maximum Gasteiger partial charge on any atom is 0.239 e. The number of rotatable bonds is 4. The van der Waals surface area contributed by atoms with Gasteiger partial charge in [-0.25, -0.2) is 0 Å². The Morgan fingerprint density at radius 3 is 2.74 bits per heavy atom. The number of thiophene rings is 1. The largest absolute Gasteiger partial charge is 0.341 e. The molecular weight excluding hydrogens is 324 g/mol. The van der Waals surface area contributed by atoms with Crippen LogP contribution in [0, 0.1) is 6.92 Å². The Balaban J connectivity index is 1.83. The van der Waals surface area contributed by atoms with Gasteiger partial charge in [-0.15, -0.1) is 11.3 Å². The van der Waals surface area contributed by atoms with Gasteiger partial charge in [0, 0.05) is 33.9 Å². The van der Waals surface area contributed by atoms with E-state index in [2.05, 4.69) is 34.2 Å². The van der Waals surface area contributed by atoms with Crippen LogP contribution in [0.15, 0.2) is 10.5 Å². The summed E-state index contributed by atoms with van der Waals surface area (Å²) in [6.45, 7) is 6.67. The van der Waals surface area contributed by atoms with Crippen molar-refractivity contribution in [3.63, 3.8) is 0 Å². The van der Waals surface area contributed by atoms with Crippen LogP contribution in [0.25, 0.3) is 0 Å². The summed E-state index contributed by atoms with van der Waals surface area (Å²) < 4.78 is 1.16. The molecule has 1 aromatic heterocycles. The molecule has 0 spiro atoms. The van der Waals surface area contributed by atoms with Gasteiger partial charge in [-0.05, 0) is 55.1 Å². The second kappa shape index (κ2) is 6.86. The molecule has 3 nitrogen and oxygen atoms in total. The third-order valence-corrected chi connectivity index (χ3v) is 5.67. The second-order valence-electron chi connectivity index (χ2n) is 5.11. The molecule has 1 N–H and O–H groups in total. The number of nitrogens with zero attached hydrogens (tertiary/aromatic N) is 1. The normalized spacial score (nSPS) is 17.5. The lowest BCUT2D eigenvalue weighted by molar-refractivity contribution is -0.133. The molecule has 1 aliphatic rings. The van der Waals surface area contributed by atoms with E-state index in [1.54, 1.807) is 11.3 Å². The number of hydrogen-bond acceptors (Lipinski definition) is 3. The molecule has 1 atom stereocenters. The monoisotopic (exact) mass is 344 g/mol. The molecule has 0 bridgehead atoms. The summed E-state index contributed by atoms with van der Waals surface area (Å²) in [7, 11) is 0. The van der Waals surface area contributed by atoms with Crippen LogP contribution in [0.2, 0.25) is 0 Å². The third-order valence-electron chi connectivity index (χ3n) is 3.53. The van der Waals surface area contributed by atoms with Crippen LogP contribution in [0.4, 0.5) is 0 Å². The zero-order chi connectivity index (χ0) is 13.8. The van der Waals surface area contributed by atoms with Crippen LogP contribution >= 0.6 is 27.3 Å². The highest BCUT2D eigenvalue weighted by atomic mass is 79.9. The zero-order valence-corrected chi connectivity index (χ0v) is 13.9. The van der Waals surface area contributed by atoms with E-state index in [0.717, 1.165) is 36.9 Å². The van der Waals surface area contributed by atoms with E-state index in [0.29, 0.717) is 0 Å². The number of nitrogens with one attached hydrogen (secondary N) is 1. The Bertz CT molecular complexity index is 421. The topological polar surface area (TPSA) is 32.3 Å². The van der Waals surface area contributed by atoms with Crippen LogP contribution in [-0.4, -0.2) is 29.9 Å². The Morgan fingerprint density at radius 1 is 1.47 bits per heavy atom. The van der Waals surface area contributed by atoms with Crippen molar-refractivity contribution in [3.8, 4) is 0 Å². The van der Waals surface area contributed by atoms with Crippen LogP contribution in [0.1, 0.15) is 35.9 Å². The van der Waals surface area contributed by atoms with Crippen molar-refractivity contribution < 1.29 is 4.79 Å². The Labute approximate surface area is 127 Å². The molecule has 0 aliphatic carbocycles. The number of carbonyl (C=O) groups excluding carboxylic acids is 1. The predicted octanol–water partition coefficient (Wildman–Crippen LogP) is 3.31. The SMILES string of the molecule is Cc1sc(CNC(C)C(=O)N2CCCCC2)cc1Br. The van der Waals surface area contributed by atoms with Gasteiger partial charge >= 0.3 is 0 Å². The predicted molar refractivity (Wildman–Crippen MR) is 83.5 cm³/mol. The van der Waals surface area contributed by atoms with E-state index in [9.17, 15) is 4.79 Å². The van der Waals surface area contributed by atoms with Gasteiger partial charge < -0.3 is 10.2 Å². The number of piperidine rings is 1. The van der Waals surface area contributed by atoms with E-state index in [4.69, 9.17) is 0 Å². The maximum absolute atomic E-state index is 12.2. The van der Waals surface area contributed by atoms with Gasteiger partial charge in [0.05, 0.1) is 6.04 Å². The summed E-state index contributed by atoms with van der Waals surface area (Å²) in [5.74, 6) is 0.243. The van der Waals surface area contributed by atoms with Crippen LogP contribution in [-0.2, 0) is 11.3 Å². The molecular formula is C14H21BrN2OS. The van der Waals surface area contributed by atoms with Crippen molar-refractivity contribution in [2.45, 2.75) is 45.7 Å². The van der Waals surface area contributed by atoms with E-state index < -0.39 is 0 Å². The quantitative estimate of drug-likeness (QED) is 0.908. The van der Waals surface area contributed by atoms with Gasteiger partial charge in [-0.3, -0.25) is 4.79 Å². The Morgan fingerprint density at radius 2 is 2.16 bits per heavy atom. The highest BCUT2D eigenvalue weighted by Crippen LogP contribution is 2.26. The summed E-state index contributed by atoms with van der Waals surface area (Å²) in [5, 5.41) is 3.33. The first-order chi connectivity index (χ1) is 9.08. The zero-order valence-electron chi connectivity index (χ0n) is 11.5. The standard InChI is InChI=1S/C14H21BrN2OS/c1-10(14(18)17-6-4-3-5-7-17)16-9-12-8-13(15)11(2)19-12/h8,10,16H,3-7,9H2,1-2H3. The molecule has 19 heavy (non-hydrogen) atoms. The molecule has 0 radical (unpaired) electrons. The summed E-state index contributed by atoms with van der Waals surface area (Å²) in [5.41, 5.74) is 0. The van der Waals surface area contributed by atoms with Crippen LogP contribution in [0.5, 0.6) is 0 Å². The molecule has 1 fully saturated rings. The summed E-state index contributed by atoms with van der Waals surface area (Å²) in [4.78, 5) is 16.8. The molecule has 1 amide bonds. The number of hydrogen-bond donors (Lipinski definition) is 1.